The van der Waals surface area contributed by atoms with Crippen molar-refractivity contribution < 1.29 is 9.59 Å². The van der Waals surface area contributed by atoms with E-state index < -0.39 is 11.8 Å². The molecule has 2 N–H and O–H groups in total. The van der Waals surface area contributed by atoms with Crippen LogP contribution in [-0.4, -0.2) is 11.8 Å². The van der Waals surface area contributed by atoms with Crippen LogP contribution in [0.25, 0.3) is 0 Å². The first-order valence-corrected chi connectivity index (χ1v) is 7.62. The molecule has 2 aromatic carbocycles. The zero-order valence-corrected chi connectivity index (χ0v) is 14.2. The van der Waals surface area contributed by atoms with E-state index in [1.54, 1.807) is 6.07 Å². The summed E-state index contributed by atoms with van der Waals surface area (Å²) in [6.07, 6.45) is 0. The van der Waals surface area contributed by atoms with Gasteiger partial charge in [0.2, 0.25) is 0 Å². The van der Waals surface area contributed by atoms with E-state index in [-0.39, 0.29) is 0 Å². The summed E-state index contributed by atoms with van der Waals surface area (Å²) in [6.45, 7) is 5.64. The minimum atomic E-state index is -0.687. The Hall–Kier alpha value is -2.14. The van der Waals surface area contributed by atoms with Gasteiger partial charge in [-0.1, -0.05) is 34.1 Å². The van der Waals surface area contributed by atoms with Crippen LogP contribution >= 0.6 is 15.9 Å². The van der Waals surface area contributed by atoms with Gasteiger partial charge in [-0.25, -0.2) is 0 Å². The summed E-state index contributed by atoms with van der Waals surface area (Å²) >= 11 is 3.36. The lowest BCUT2D eigenvalue weighted by atomic mass is 10.1. The molecule has 0 unspecified atom stereocenters. The molecule has 0 heterocycles. The van der Waals surface area contributed by atoms with Gasteiger partial charge in [0.25, 0.3) is 0 Å². The molecular weight excluding hydrogens is 344 g/mol. The Morgan fingerprint density at radius 2 is 1.45 bits per heavy atom. The average molecular weight is 361 g/mol. The van der Waals surface area contributed by atoms with E-state index in [0.717, 1.165) is 21.2 Å². The molecule has 0 fully saturated rings. The quantitative estimate of drug-likeness (QED) is 0.796. The first-order valence-electron chi connectivity index (χ1n) is 6.83. The molecule has 0 saturated carbocycles. The van der Waals surface area contributed by atoms with Gasteiger partial charge in [0.1, 0.15) is 0 Å². The van der Waals surface area contributed by atoms with E-state index >= 15 is 0 Å². The number of carbonyl (C=O) groups is 2. The summed E-state index contributed by atoms with van der Waals surface area (Å²) in [7, 11) is 0. The average Bonchev–Trinajstić information content (AvgIpc) is 2.45. The molecule has 114 valence electrons. The topological polar surface area (TPSA) is 58.2 Å². The number of para-hydroxylation sites is 1. The monoisotopic (exact) mass is 360 g/mol. The maximum atomic E-state index is 12.1. The second kappa shape index (κ2) is 6.75. The molecule has 2 amide bonds. The van der Waals surface area contributed by atoms with Crippen LogP contribution in [0.1, 0.15) is 16.7 Å². The molecule has 0 atom stereocenters. The molecule has 0 bridgehead atoms. The summed E-state index contributed by atoms with van der Waals surface area (Å²) < 4.78 is 0.919. The van der Waals surface area contributed by atoms with E-state index in [9.17, 15) is 9.59 Å². The number of aryl methyl sites for hydroxylation is 3. The van der Waals surface area contributed by atoms with Gasteiger partial charge in [0, 0.05) is 15.8 Å². The number of carbonyl (C=O) groups excluding carboxylic acids is 2. The molecule has 0 radical (unpaired) electrons. The highest BCUT2D eigenvalue weighted by Crippen LogP contribution is 2.21. The van der Waals surface area contributed by atoms with Crippen molar-refractivity contribution in [2.75, 3.05) is 10.6 Å². The van der Waals surface area contributed by atoms with Crippen LogP contribution in [0.15, 0.2) is 40.9 Å². The van der Waals surface area contributed by atoms with E-state index in [2.05, 4.69) is 26.6 Å². The van der Waals surface area contributed by atoms with Gasteiger partial charge >= 0.3 is 11.8 Å². The fourth-order valence-electron chi connectivity index (χ4n) is 2.13. The standard InChI is InChI=1S/C17H17BrN2O2/c1-10-5-4-6-11(2)15(10)20-17(22)16(21)19-14-8-7-13(18)9-12(14)3/h4-9H,1-3H3,(H,19,21)(H,20,22). The molecule has 0 spiro atoms. The third kappa shape index (κ3) is 3.74. The number of amides is 2. The molecule has 2 rings (SSSR count). The van der Waals surface area contributed by atoms with Crippen molar-refractivity contribution in [2.24, 2.45) is 0 Å². The van der Waals surface area contributed by atoms with Crippen LogP contribution in [0.5, 0.6) is 0 Å². The molecule has 0 aliphatic heterocycles. The Morgan fingerprint density at radius 1 is 0.864 bits per heavy atom. The van der Waals surface area contributed by atoms with Gasteiger partial charge in [-0.15, -0.1) is 0 Å². The number of anilines is 2. The van der Waals surface area contributed by atoms with E-state index in [1.807, 2.05) is 51.1 Å². The number of hydrogen-bond acceptors (Lipinski definition) is 2. The first kappa shape index (κ1) is 16.2. The molecule has 0 aromatic heterocycles. The minimum Gasteiger partial charge on any atom is -0.318 e. The zero-order chi connectivity index (χ0) is 16.3. The Balaban J connectivity index is 2.11. The largest absolute Gasteiger partial charge is 0.318 e. The van der Waals surface area contributed by atoms with Crippen LogP contribution in [0, 0.1) is 20.8 Å². The predicted molar refractivity (Wildman–Crippen MR) is 92.1 cm³/mol. The number of nitrogens with one attached hydrogen (secondary N) is 2. The lowest BCUT2D eigenvalue weighted by Crippen LogP contribution is -2.29. The Bertz CT molecular complexity index is 721. The van der Waals surface area contributed by atoms with Crippen molar-refractivity contribution in [3.05, 3.63) is 57.6 Å². The Morgan fingerprint density at radius 3 is 2.05 bits per heavy atom. The van der Waals surface area contributed by atoms with Crippen molar-refractivity contribution >= 4 is 39.1 Å². The highest BCUT2D eigenvalue weighted by atomic mass is 79.9. The fraction of sp³-hybridized carbons (Fsp3) is 0.176. The molecule has 0 aliphatic rings. The van der Waals surface area contributed by atoms with Crippen molar-refractivity contribution in [1.82, 2.24) is 0 Å². The second-order valence-electron chi connectivity index (χ2n) is 5.13. The van der Waals surface area contributed by atoms with Crippen molar-refractivity contribution in [2.45, 2.75) is 20.8 Å². The minimum absolute atomic E-state index is 0.616. The third-order valence-electron chi connectivity index (χ3n) is 3.36. The van der Waals surface area contributed by atoms with Crippen LogP contribution in [0.3, 0.4) is 0 Å². The zero-order valence-electron chi connectivity index (χ0n) is 12.7. The van der Waals surface area contributed by atoms with Gasteiger partial charge in [-0.05, 0) is 55.7 Å². The van der Waals surface area contributed by atoms with E-state index in [1.165, 1.54) is 0 Å². The van der Waals surface area contributed by atoms with Crippen LogP contribution in [0.2, 0.25) is 0 Å². The summed E-state index contributed by atoms with van der Waals surface area (Å²) in [5, 5.41) is 5.29. The highest BCUT2D eigenvalue weighted by Gasteiger charge is 2.16. The molecule has 4 nitrogen and oxygen atoms in total. The van der Waals surface area contributed by atoms with Crippen LogP contribution < -0.4 is 10.6 Å². The summed E-state index contributed by atoms with van der Waals surface area (Å²) in [5.74, 6) is -1.37. The van der Waals surface area contributed by atoms with Crippen molar-refractivity contribution in [3.63, 3.8) is 0 Å². The summed E-state index contributed by atoms with van der Waals surface area (Å²) in [5.41, 5.74) is 4.00. The number of halogens is 1. The van der Waals surface area contributed by atoms with Gasteiger partial charge in [0.05, 0.1) is 0 Å². The van der Waals surface area contributed by atoms with Gasteiger partial charge in [-0.2, -0.15) is 0 Å². The highest BCUT2D eigenvalue weighted by molar-refractivity contribution is 9.10. The normalized spacial score (nSPS) is 10.2. The van der Waals surface area contributed by atoms with Crippen molar-refractivity contribution in [1.29, 1.82) is 0 Å². The summed E-state index contributed by atoms with van der Waals surface area (Å²) in [4.78, 5) is 24.1. The molecule has 22 heavy (non-hydrogen) atoms. The Kier molecular flexibility index (Phi) is 4.98. The maximum Gasteiger partial charge on any atom is 0.314 e. The Labute approximate surface area is 138 Å². The molecular formula is C17H17BrN2O2. The van der Waals surface area contributed by atoms with Crippen molar-refractivity contribution in [3.8, 4) is 0 Å². The lowest BCUT2D eigenvalue weighted by Gasteiger charge is -2.12. The number of hydrogen-bond donors (Lipinski definition) is 2. The van der Waals surface area contributed by atoms with Gasteiger partial charge in [0.15, 0.2) is 0 Å². The maximum absolute atomic E-state index is 12.1. The number of rotatable bonds is 2. The van der Waals surface area contributed by atoms with Crippen LogP contribution in [-0.2, 0) is 9.59 Å². The smallest absolute Gasteiger partial charge is 0.314 e. The molecule has 0 saturated heterocycles. The molecule has 2 aromatic rings. The second-order valence-corrected chi connectivity index (χ2v) is 6.05. The van der Waals surface area contributed by atoms with Crippen LogP contribution in [0.4, 0.5) is 11.4 Å². The SMILES string of the molecule is Cc1cc(Br)ccc1NC(=O)C(=O)Nc1c(C)cccc1C. The lowest BCUT2D eigenvalue weighted by molar-refractivity contribution is -0.133. The predicted octanol–water partition coefficient (Wildman–Crippen LogP) is 3.95. The molecule has 0 aliphatic carbocycles. The molecule has 5 heteroatoms. The third-order valence-corrected chi connectivity index (χ3v) is 3.86. The van der Waals surface area contributed by atoms with Gasteiger partial charge in [-0.3, -0.25) is 9.59 Å². The van der Waals surface area contributed by atoms with E-state index in [0.29, 0.717) is 11.4 Å². The van der Waals surface area contributed by atoms with E-state index in [4.69, 9.17) is 0 Å². The van der Waals surface area contributed by atoms with Gasteiger partial charge < -0.3 is 10.6 Å². The fourth-order valence-corrected chi connectivity index (χ4v) is 2.60. The first-order chi connectivity index (χ1) is 10.4. The summed E-state index contributed by atoms with van der Waals surface area (Å²) in [6, 6.07) is 11.1. The number of benzene rings is 2.